The van der Waals surface area contributed by atoms with Crippen molar-refractivity contribution in [3.05, 3.63) is 53.1 Å². The van der Waals surface area contributed by atoms with E-state index in [9.17, 15) is 0 Å². The molecule has 0 aliphatic heterocycles. The lowest BCUT2D eigenvalue weighted by molar-refractivity contribution is 0.440. The summed E-state index contributed by atoms with van der Waals surface area (Å²) >= 11 is 0. The Morgan fingerprint density at radius 3 is 2.65 bits per heavy atom. The summed E-state index contributed by atoms with van der Waals surface area (Å²) in [5, 5.41) is 3.55. The van der Waals surface area contributed by atoms with Gasteiger partial charge >= 0.3 is 0 Å². The van der Waals surface area contributed by atoms with Crippen LogP contribution in [0.15, 0.2) is 30.6 Å². The van der Waals surface area contributed by atoms with Crippen LogP contribution < -0.4 is 5.32 Å². The number of hydrogen-bond acceptors (Lipinski definition) is 2. The zero-order valence-electron chi connectivity index (χ0n) is 13.0. The van der Waals surface area contributed by atoms with Crippen molar-refractivity contribution in [3.63, 3.8) is 0 Å². The van der Waals surface area contributed by atoms with Gasteiger partial charge in [0.05, 0.1) is 0 Å². The topological polar surface area (TPSA) is 29.9 Å². The smallest absolute Gasteiger partial charge is 0.105 e. The van der Waals surface area contributed by atoms with E-state index in [1.807, 2.05) is 6.20 Å². The van der Waals surface area contributed by atoms with Crippen LogP contribution in [-0.4, -0.2) is 16.1 Å². The molecule has 2 aromatic rings. The molecule has 0 spiro atoms. The number of hydrogen-bond donors (Lipinski definition) is 1. The summed E-state index contributed by atoms with van der Waals surface area (Å²) in [4.78, 5) is 4.26. The average molecular weight is 271 g/mol. The second kappa shape index (κ2) is 6.71. The summed E-state index contributed by atoms with van der Waals surface area (Å²) in [6, 6.07) is 6.68. The summed E-state index contributed by atoms with van der Waals surface area (Å²) in [5.41, 5.74) is 4.09. The molecule has 0 aliphatic carbocycles. The van der Waals surface area contributed by atoms with Gasteiger partial charge in [0, 0.05) is 25.5 Å². The quantitative estimate of drug-likeness (QED) is 0.874. The van der Waals surface area contributed by atoms with Gasteiger partial charge in [-0.1, -0.05) is 25.1 Å². The van der Waals surface area contributed by atoms with E-state index in [1.54, 1.807) is 0 Å². The molecule has 1 atom stereocenters. The zero-order valence-corrected chi connectivity index (χ0v) is 13.0. The van der Waals surface area contributed by atoms with Gasteiger partial charge in [0.25, 0.3) is 0 Å². The van der Waals surface area contributed by atoms with Gasteiger partial charge < -0.3 is 9.88 Å². The number of aryl methyl sites for hydroxylation is 3. The Morgan fingerprint density at radius 1 is 1.20 bits per heavy atom. The third-order valence-corrected chi connectivity index (χ3v) is 3.83. The maximum Gasteiger partial charge on any atom is 0.105 e. The molecule has 0 aliphatic rings. The van der Waals surface area contributed by atoms with E-state index < -0.39 is 0 Å². The van der Waals surface area contributed by atoms with Gasteiger partial charge in [-0.05, 0) is 49.9 Å². The summed E-state index contributed by atoms with van der Waals surface area (Å²) in [5.74, 6) is 1.68. The van der Waals surface area contributed by atoms with E-state index in [4.69, 9.17) is 0 Å². The van der Waals surface area contributed by atoms with Crippen molar-refractivity contribution in [1.29, 1.82) is 0 Å². The van der Waals surface area contributed by atoms with E-state index in [0.717, 1.165) is 25.5 Å². The molecular weight excluding hydrogens is 246 g/mol. The number of nitrogens with zero attached hydrogens (tertiary/aromatic N) is 2. The first-order valence-corrected chi connectivity index (χ1v) is 7.31. The molecule has 1 N–H and O–H groups in total. The Morgan fingerprint density at radius 2 is 2.00 bits per heavy atom. The number of nitrogens with one attached hydrogen (secondary N) is 1. The van der Waals surface area contributed by atoms with Gasteiger partial charge in [0.15, 0.2) is 0 Å². The second-order valence-corrected chi connectivity index (χ2v) is 5.78. The van der Waals surface area contributed by atoms with Crippen LogP contribution in [0.25, 0.3) is 0 Å². The molecule has 0 saturated carbocycles. The second-order valence-electron chi connectivity index (χ2n) is 5.78. The largest absolute Gasteiger partial charge is 0.335 e. The molecule has 1 unspecified atom stereocenters. The van der Waals surface area contributed by atoms with Crippen LogP contribution in [0.5, 0.6) is 0 Å². The van der Waals surface area contributed by atoms with E-state index in [0.29, 0.717) is 5.92 Å². The highest BCUT2D eigenvalue weighted by atomic mass is 15.1. The molecule has 1 heterocycles. The number of imidazole rings is 1. The normalized spacial score (nSPS) is 12.6. The third-order valence-electron chi connectivity index (χ3n) is 3.83. The van der Waals surface area contributed by atoms with Crippen LogP contribution in [0.1, 0.15) is 29.4 Å². The van der Waals surface area contributed by atoms with E-state index in [1.165, 1.54) is 16.7 Å². The van der Waals surface area contributed by atoms with Gasteiger partial charge in [-0.15, -0.1) is 0 Å². The third kappa shape index (κ3) is 3.94. The Labute approximate surface area is 122 Å². The Kier molecular flexibility index (Phi) is 4.96. The first-order chi connectivity index (χ1) is 9.56. The molecule has 1 aromatic heterocycles. The molecule has 108 valence electrons. The minimum atomic E-state index is 0.592. The fourth-order valence-electron chi connectivity index (χ4n) is 2.37. The monoisotopic (exact) mass is 271 g/mol. The molecule has 3 heteroatoms. The van der Waals surface area contributed by atoms with Crippen molar-refractivity contribution in [2.75, 3.05) is 6.54 Å². The molecule has 0 amide bonds. The summed E-state index contributed by atoms with van der Waals surface area (Å²) in [7, 11) is 0. The highest BCUT2D eigenvalue weighted by molar-refractivity contribution is 5.29. The fourth-order valence-corrected chi connectivity index (χ4v) is 2.37. The van der Waals surface area contributed by atoms with Crippen molar-refractivity contribution >= 4 is 0 Å². The molecule has 0 saturated heterocycles. The molecule has 3 nitrogen and oxygen atoms in total. The SMILES string of the molecule is Cc1ccc(CNCC(C)Cn2ccnc2C)cc1C. The maximum absolute atomic E-state index is 4.26. The predicted octanol–water partition coefficient (Wildman–Crippen LogP) is 3.23. The molecule has 2 rings (SSSR count). The van der Waals surface area contributed by atoms with Crippen LogP contribution in [0.3, 0.4) is 0 Å². The summed E-state index contributed by atoms with van der Waals surface area (Å²) < 4.78 is 2.21. The number of benzene rings is 1. The molecule has 20 heavy (non-hydrogen) atoms. The molecule has 0 bridgehead atoms. The van der Waals surface area contributed by atoms with Crippen molar-refractivity contribution < 1.29 is 0 Å². The fraction of sp³-hybridized carbons (Fsp3) is 0.471. The van der Waals surface area contributed by atoms with Gasteiger partial charge in [-0.25, -0.2) is 4.98 Å². The lowest BCUT2D eigenvalue weighted by Crippen LogP contribution is -2.24. The van der Waals surface area contributed by atoms with Crippen LogP contribution in [0.2, 0.25) is 0 Å². The van der Waals surface area contributed by atoms with Crippen molar-refractivity contribution in [3.8, 4) is 0 Å². The van der Waals surface area contributed by atoms with E-state index in [-0.39, 0.29) is 0 Å². The standard InChI is InChI=1S/C17H25N3/c1-13(12-20-8-7-19-16(20)4)10-18-11-17-6-5-14(2)15(3)9-17/h5-9,13,18H,10-12H2,1-4H3. The first kappa shape index (κ1) is 14.8. The van der Waals surface area contributed by atoms with Crippen molar-refractivity contribution in [1.82, 2.24) is 14.9 Å². The van der Waals surface area contributed by atoms with E-state index in [2.05, 4.69) is 67.0 Å². The molecule has 0 fully saturated rings. The number of rotatable bonds is 6. The minimum Gasteiger partial charge on any atom is -0.335 e. The lowest BCUT2D eigenvalue weighted by Gasteiger charge is -2.15. The average Bonchev–Trinajstić information content (AvgIpc) is 2.79. The minimum absolute atomic E-state index is 0.592. The van der Waals surface area contributed by atoms with Gasteiger partial charge in [-0.2, -0.15) is 0 Å². The van der Waals surface area contributed by atoms with Crippen LogP contribution in [0.4, 0.5) is 0 Å². The molecule has 1 aromatic carbocycles. The Bertz CT molecular complexity index is 557. The van der Waals surface area contributed by atoms with Crippen LogP contribution in [0, 0.1) is 26.7 Å². The first-order valence-electron chi connectivity index (χ1n) is 7.31. The maximum atomic E-state index is 4.26. The van der Waals surface area contributed by atoms with Gasteiger partial charge in [0.1, 0.15) is 5.82 Å². The van der Waals surface area contributed by atoms with E-state index >= 15 is 0 Å². The lowest BCUT2D eigenvalue weighted by atomic mass is 10.1. The summed E-state index contributed by atoms with van der Waals surface area (Å²) in [6.07, 6.45) is 3.92. The summed E-state index contributed by atoms with van der Waals surface area (Å²) in [6.45, 7) is 11.6. The highest BCUT2D eigenvalue weighted by Gasteiger charge is 2.05. The zero-order chi connectivity index (χ0) is 14.5. The highest BCUT2D eigenvalue weighted by Crippen LogP contribution is 2.10. The number of aromatic nitrogens is 2. The van der Waals surface area contributed by atoms with Crippen molar-refractivity contribution in [2.24, 2.45) is 5.92 Å². The van der Waals surface area contributed by atoms with Gasteiger partial charge in [0.2, 0.25) is 0 Å². The molecular formula is C17H25N3. The van der Waals surface area contributed by atoms with Crippen LogP contribution >= 0.6 is 0 Å². The van der Waals surface area contributed by atoms with Gasteiger partial charge in [-0.3, -0.25) is 0 Å². The Hall–Kier alpha value is -1.61. The Balaban J connectivity index is 1.77. The predicted molar refractivity (Wildman–Crippen MR) is 83.8 cm³/mol. The molecule has 0 radical (unpaired) electrons. The van der Waals surface area contributed by atoms with Crippen molar-refractivity contribution in [2.45, 2.75) is 40.8 Å². The van der Waals surface area contributed by atoms with Crippen LogP contribution in [-0.2, 0) is 13.1 Å².